The van der Waals surface area contributed by atoms with Gasteiger partial charge in [0.25, 0.3) is 0 Å². The first-order valence-corrected chi connectivity index (χ1v) is 16.1. The fraction of sp³-hybridized carbons (Fsp3) is 0.290. The number of piperidine rings is 1. The molecule has 1 fully saturated rings. The molecule has 2 N–H and O–H groups in total. The molecule has 0 atom stereocenters. The van der Waals surface area contributed by atoms with Gasteiger partial charge in [-0.2, -0.15) is 0 Å². The van der Waals surface area contributed by atoms with Gasteiger partial charge in [0.2, 0.25) is 15.6 Å². The van der Waals surface area contributed by atoms with Crippen LogP contribution in [0.3, 0.4) is 0 Å². The zero-order valence-corrected chi connectivity index (χ0v) is 25.3. The molecule has 0 saturated carbocycles. The second kappa shape index (κ2) is 12.9. The molecule has 0 unspecified atom stereocenters. The summed E-state index contributed by atoms with van der Waals surface area (Å²) in [5.74, 6) is -1.53. The second-order valence-electron chi connectivity index (χ2n) is 10.3. The van der Waals surface area contributed by atoms with Gasteiger partial charge in [-0.1, -0.05) is 53.5 Å². The summed E-state index contributed by atoms with van der Waals surface area (Å²) in [5, 5.41) is 5.63. The Hall–Kier alpha value is -3.37. The summed E-state index contributed by atoms with van der Waals surface area (Å²) in [4.78, 5) is 27.2. The third-order valence-electron chi connectivity index (χ3n) is 7.42. The van der Waals surface area contributed by atoms with E-state index in [1.165, 1.54) is 10.4 Å². The minimum absolute atomic E-state index is 0.0592. The Balaban J connectivity index is 1.43. The van der Waals surface area contributed by atoms with Gasteiger partial charge in [-0.25, -0.2) is 12.7 Å². The monoisotopic (exact) mass is 627 g/mol. The van der Waals surface area contributed by atoms with Gasteiger partial charge in [-0.05, 0) is 72.9 Å². The van der Waals surface area contributed by atoms with Crippen molar-refractivity contribution in [3.05, 3.63) is 110 Å². The lowest BCUT2D eigenvalue weighted by Crippen LogP contribution is -2.44. The fourth-order valence-corrected chi connectivity index (χ4v) is 6.98. The van der Waals surface area contributed by atoms with Crippen LogP contribution in [0.2, 0.25) is 10.0 Å². The molecule has 0 aliphatic carbocycles. The number of benzene rings is 3. The summed E-state index contributed by atoms with van der Waals surface area (Å²) in [6, 6.07) is 22.9. The summed E-state index contributed by atoms with van der Waals surface area (Å²) >= 11 is 12.4. The van der Waals surface area contributed by atoms with Gasteiger partial charge in [0, 0.05) is 52.2 Å². The molecule has 8 nitrogen and oxygen atoms in total. The standard InChI is InChI=1S/C31H31Cl2N3O5S/c1-2-41-30(38)19-42(39,40)36-15-13-25(14-16-36)34-28-18-29(37)35-27-12-7-22(17-26(27)28)31(20-3-8-23(32)9-4-20)21-5-10-24(33)11-6-21/h3-12,17-18,25,31H,2,13-16,19H2,1H3,(H2,34,35,37). The molecular formula is C31H31Cl2N3O5S. The number of rotatable bonds is 9. The Morgan fingerprint density at radius 2 is 1.52 bits per heavy atom. The molecule has 1 aliphatic heterocycles. The number of aromatic amines is 1. The molecule has 0 spiro atoms. The Labute approximate surface area is 254 Å². The number of H-pyrrole nitrogens is 1. The average molecular weight is 629 g/mol. The molecule has 42 heavy (non-hydrogen) atoms. The molecule has 0 bridgehead atoms. The number of halogens is 2. The molecule has 1 aliphatic rings. The number of hydrogen-bond acceptors (Lipinski definition) is 6. The molecule has 11 heteroatoms. The van der Waals surface area contributed by atoms with Crippen molar-refractivity contribution in [1.82, 2.24) is 9.29 Å². The largest absolute Gasteiger partial charge is 0.465 e. The van der Waals surface area contributed by atoms with E-state index in [4.69, 9.17) is 27.9 Å². The minimum atomic E-state index is -3.76. The number of anilines is 1. The van der Waals surface area contributed by atoms with Gasteiger partial charge >= 0.3 is 5.97 Å². The highest BCUT2D eigenvalue weighted by Crippen LogP contribution is 2.36. The lowest BCUT2D eigenvalue weighted by atomic mass is 9.84. The van der Waals surface area contributed by atoms with Crippen molar-refractivity contribution >= 4 is 55.8 Å². The van der Waals surface area contributed by atoms with E-state index in [1.54, 1.807) is 6.92 Å². The van der Waals surface area contributed by atoms with Crippen LogP contribution < -0.4 is 10.9 Å². The third-order valence-corrected chi connectivity index (χ3v) is 9.68. The molecule has 1 aromatic heterocycles. The van der Waals surface area contributed by atoms with E-state index in [9.17, 15) is 18.0 Å². The molecule has 220 valence electrons. The quantitative estimate of drug-likeness (QED) is 0.180. The summed E-state index contributed by atoms with van der Waals surface area (Å²) in [7, 11) is -3.76. The smallest absolute Gasteiger partial charge is 0.322 e. The normalized spacial score (nSPS) is 14.8. The van der Waals surface area contributed by atoms with Crippen molar-refractivity contribution in [2.24, 2.45) is 0 Å². The van der Waals surface area contributed by atoms with E-state index in [1.807, 2.05) is 60.7 Å². The Morgan fingerprint density at radius 1 is 0.952 bits per heavy atom. The number of aromatic nitrogens is 1. The van der Waals surface area contributed by atoms with E-state index in [0.717, 1.165) is 22.1 Å². The molecule has 4 aromatic rings. The minimum Gasteiger partial charge on any atom is -0.465 e. The predicted octanol–water partition coefficient (Wildman–Crippen LogP) is 5.78. The highest BCUT2D eigenvalue weighted by molar-refractivity contribution is 7.89. The van der Waals surface area contributed by atoms with Crippen molar-refractivity contribution in [1.29, 1.82) is 0 Å². The van der Waals surface area contributed by atoms with E-state index < -0.39 is 21.7 Å². The predicted molar refractivity (Wildman–Crippen MR) is 167 cm³/mol. The van der Waals surface area contributed by atoms with E-state index >= 15 is 0 Å². The van der Waals surface area contributed by atoms with Crippen LogP contribution in [0.15, 0.2) is 77.6 Å². The van der Waals surface area contributed by atoms with E-state index in [-0.39, 0.29) is 37.2 Å². The van der Waals surface area contributed by atoms with Gasteiger partial charge in [0.1, 0.15) is 0 Å². The van der Waals surface area contributed by atoms with Crippen LogP contribution in [-0.4, -0.2) is 55.2 Å². The van der Waals surface area contributed by atoms with Crippen LogP contribution in [0.4, 0.5) is 5.69 Å². The lowest BCUT2D eigenvalue weighted by Gasteiger charge is -2.32. The first kappa shape index (κ1) is 30.1. The van der Waals surface area contributed by atoms with Gasteiger partial charge in [-0.15, -0.1) is 0 Å². The maximum atomic E-state index is 12.7. The number of carbonyl (C=O) groups is 1. The molecular weight excluding hydrogens is 597 g/mol. The fourth-order valence-electron chi connectivity index (χ4n) is 5.40. The summed E-state index contributed by atoms with van der Waals surface area (Å²) in [6.45, 7) is 2.30. The second-order valence-corrected chi connectivity index (χ2v) is 13.1. The maximum Gasteiger partial charge on any atom is 0.322 e. The van der Waals surface area contributed by atoms with Gasteiger partial charge in [-0.3, -0.25) is 9.59 Å². The van der Waals surface area contributed by atoms with Crippen LogP contribution in [-0.2, 0) is 19.6 Å². The Bertz CT molecular complexity index is 1690. The molecule has 0 radical (unpaired) electrons. The maximum absolute atomic E-state index is 12.7. The number of ether oxygens (including phenoxy) is 1. The van der Waals surface area contributed by atoms with Gasteiger partial charge in [0.05, 0.1) is 12.1 Å². The molecule has 1 saturated heterocycles. The van der Waals surface area contributed by atoms with Gasteiger partial charge in [0.15, 0.2) is 5.75 Å². The van der Waals surface area contributed by atoms with Crippen LogP contribution >= 0.6 is 23.2 Å². The highest BCUT2D eigenvalue weighted by atomic mass is 35.5. The third kappa shape index (κ3) is 6.98. The van der Waals surface area contributed by atoms with Crippen LogP contribution in [0.1, 0.15) is 42.4 Å². The number of carbonyl (C=O) groups excluding carboxylic acids is 1. The number of sulfonamides is 1. The number of esters is 1. The van der Waals surface area contributed by atoms with Crippen LogP contribution in [0.5, 0.6) is 0 Å². The average Bonchev–Trinajstić information content (AvgIpc) is 2.95. The SMILES string of the molecule is CCOC(=O)CS(=O)(=O)N1CCC(Nc2cc(=O)[nH]c3ccc(C(c4ccc(Cl)cc4)c4ccc(Cl)cc4)cc23)CC1. The summed E-state index contributed by atoms with van der Waals surface area (Å²) in [5.41, 5.74) is 4.25. The Morgan fingerprint density at radius 3 is 2.10 bits per heavy atom. The molecule has 0 amide bonds. The van der Waals surface area contributed by atoms with Gasteiger partial charge < -0.3 is 15.0 Å². The Kier molecular flexibility index (Phi) is 9.22. The first-order valence-electron chi connectivity index (χ1n) is 13.7. The molecule has 3 aromatic carbocycles. The number of hydrogen-bond donors (Lipinski definition) is 2. The zero-order chi connectivity index (χ0) is 29.9. The molecule has 5 rings (SSSR count). The van der Waals surface area contributed by atoms with Crippen molar-refractivity contribution < 1.29 is 17.9 Å². The number of pyridine rings is 1. The molecule has 2 heterocycles. The van der Waals surface area contributed by atoms with Crippen LogP contribution in [0.25, 0.3) is 10.9 Å². The first-order chi connectivity index (χ1) is 20.1. The van der Waals surface area contributed by atoms with Crippen molar-refractivity contribution in [2.45, 2.75) is 31.7 Å². The number of nitrogens with one attached hydrogen (secondary N) is 2. The van der Waals surface area contributed by atoms with Crippen molar-refractivity contribution in [3.8, 4) is 0 Å². The summed E-state index contributed by atoms with van der Waals surface area (Å²) in [6.07, 6.45) is 1.04. The lowest BCUT2D eigenvalue weighted by molar-refractivity contribution is -0.140. The highest BCUT2D eigenvalue weighted by Gasteiger charge is 2.30. The topological polar surface area (TPSA) is 109 Å². The van der Waals surface area contributed by atoms with Crippen molar-refractivity contribution in [2.75, 3.05) is 30.8 Å². The summed E-state index contributed by atoms with van der Waals surface area (Å²) < 4.78 is 31.5. The van der Waals surface area contributed by atoms with Crippen molar-refractivity contribution in [3.63, 3.8) is 0 Å². The zero-order valence-electron chi connectivity index (χ0n) is 23.0. The van der Waals surface area contributed by atoms with E-state index in [2.05, 4.69) is 16.4 Å². The number of fused-ring (bicyclic) bond motifs is 1. The number of nitrogens with zero attached hydrogens (tertiary/aromatic N) is 1. The van der Waals surface area contributed by atoms with E-state index in [0.29, 0.717) is 34.1 Å². The van der Waals surface area contributed by atoms with Crippen LogP contribution in [0, 0.1) is 0 Å².